The summed E-state index contributed by atoms with van der Waals surface area (Å²) in [6, 6.07) is -0.0428. The third kappa shape index (κ3) is 3.58. The Balaban J connectivity index is 1.96. The molecule has 1 rings (SSSR count). The largest absolute Gasteiger partial charge is 0.335 e. The minimum Gasteiger partial charge on any atom is -0.335 e. The maximum Gasteiger partial charge on any atom is 0.331 e. The van der Waals surface area contributed by atoms with E-state index in [1.165, 1.54) is 0 Å². The van der Waals surface area contributed by atoms with Crippen molar-refractivity contribution < 1.29 is 4.79 Å². The van der Waals surface area contributed by atoms with Crippen molar-refractivity contribution in [2.75, 3.05) is 39.3 Å². The second-order valence-electron chi connectivity index (χ2n) is 2.83. The molecule has 2 amide bonds. The molecule has 1 saturated heterocycles. The molecular formula is C7H17N5O. The second-order valence-corrected chi connectivity index (χ2v) is 2.83. The predicted octanol–water partition coefficient (Wildman–Crippen LogP) is -1.94. The maximum absolute atomic E-state index is 11.0. The molecule has 0 atom stereocenters. The average molecular weight is 187 g/mol. The van der Waals surface area contributed by atoms with Crippen LogP contribution in [-0.2, 0) is 0 Å². The Hall–Kier alpha value is -0.850. The molecule has 0 saturated carbocycles. The summed E-state index contributed by atoms with van der Waals surface area (Å²) in [6.07, 6.45) is 0. The van der Waals surface area contributed by atoms with E-state index in [0.29, 0.717) is 6.54 Å². The van der Waals surface area contributed by atoms with Gasteiger partial charge in [-0.05, 0) is 0 Å². The molecule has 6 nitrogen and oxygen atoms in total. The summed E-state index contributed by atoms with van der Waals surface area (Å²) in [5.74, 6) is 0. The van der Waals surface area contributed by atoms with Crippen LogP contribution in [0.4, 0.5) is 4.79 Å². The Labute approximate surface area is 77.8 Å². The summed E-state index contributed by atoms with van der Waals surface area (Å²) in [6.45, 7) is 4.48. The normalized spacial score (nSPS) is 16.4. The number of carbonyl (C=O) groups is 1. The van der Waals surface area contributed by atoms with Crippen LogP contribution in [0.25, 0.3) is 0 Å². The molecule has 1 aliphatic rings. The van der Waals surface area contributed by atoms with Gasteiger partial charge in [0.1, 0.15) is 0 Å². The molecule has 0 bridgehead atoms. The molecule has 0 unspecified atom stereocenters. The highest BCUT2D eigenvalue weighted by Gasteiger charge is 2.17. The molecule has 0 aliphatic carbocycles. The van der Waals surface area contributed by atoms with Crippen LogP contribution >= 0.6 is 0 Å². The van der Waals surface area contributed by atoms with Crippen molar-refractivity contribution in [3.05, 3.63) is 0 Å². The highest BCUT2D eigenvalue weighted by Crippen LogP contribution is 1.89. The molecule has 0 aromatic carbocycles. The third-order valence-corrected chi connectivity index (χ3v) is 1.78. The van der Waals surface area contributed by atoms with Crippen LogP contribution in [0.2, 0.25) is 0 Å². The summed E-state index contributed by atoms with van der Waals surface area (Å²) in [4.78, 5) is 11.0. The van der Waals surface area contributed by atoms with E-state index in [9.17, 15) is 4.79 Å². The molecule has 0 spiro atoms. The van der Waals surface area contributed by atoms with Gasteiger partial charge in [0, 0.05) is 32.7 Å². The number of hydrogen-bond donors (Lipinski definition) is 4. The fourth-order valence-corrected chi connectivity index (χ4v) is 1.13. The number of nitrogens with zero attached hydrogens (tertiary/aromatic N) is 1. The van der Waals surface area contributed by atoms with Crippen molar-refractivity contribution in [3.63, 3.8) is 0 Å². The van der Waals surface area contributed by atoms with Gasteiger partial charge in [-0.15, -0.1) is 0 Å². The van der Waals surface area contributed by atoms with Gasteiger partial charge in [0.05, 0.1) is 6.54 Å². The van der Waals surface area contributed by atoms with Crippen LogP contribution in [0.5, 0.6) is 0 Å². The minimum atomic E-state index is -0.0428. The fraction of sp³-hybridized carbons (Fsp3) is 0.857. The zero-order valence-electron chi connectivity index (χ0n) is 7.68. The van der Waals surface area contributed by atoms with E-state index in [-0.39, 0.29) is 6.03 Å². The Morgan fingerprint density at radius 3 is 2.92 bits per heavy atom. The van der Waals surface area contributed by atoms with Crippen LogP contribution in [0.1, 0.15) is 0 Å². The first-order valence-electron chi connectivity index (χ1n) is 4.54. The standard InChI is InChI=1S/C7H17N5O/c8-1-2-9-3-4-11-12-6-5-10-7(12)13/h9,11H,1-6,8H2,(H,10,13). The second kappa shape index (κ2) is 5.74. The summed E-state index contributed by atoms with van der Waals surface area (Å²) >= 11 is 0. The van der Waals surface area contributed by atoms with E-state index >= 15 is 0 Å². The van der Waals surface area contributed by atoms with Crippen LogP contribution in [-0.4, -0.2) is 50.3 Å². The van der Waals surface area contributed by atoms with Crippen molar-refractivity contribution >= 4 is 6.03 Å². The number of hydrogen-bond acceptors (Lipinski definition) is 4. The third-order valence-electron chi connectivity index (χ3n) is 1.78. The lowest BCUT2D eigenvalue weighted by Crippen LogP contribution is -2.43. The van der Waals surface area contributed by atoms with Gasteiger partial charge in [-0.1, -0.05) is 0 Å². The quantitative estimate of drug-likeness (QED) is 0.365. The molecule has 0 aromatic rings. The molecule has 5 N–H and O–H groups in total. The lowest BCUT2D eigenvalue weighted by molar-refractivity contribution is 0.195. The molecule has 0 radical (unpaired) electrons. The van der Waals surface area contributed by atoms with Gasteiger partial charge in [0.2, 0.25) is 0 Å². The average Bonchev–Trinajstić information content (AvgIpc) is 2.52. The number of hydrazine groups is 1. The van der Waals surface area contributed by atoms with E-state index in [4.69, 9.17) is 5.73 Å². The zero-order valence-corrected chi connectivity index (χ0v) is 7.68. The molecule has 1 aliphatic heterocycles. The number of nitrogens with one attached hydrogen (secondary N) is 3. The highest BCUT2D eigenvalue weighted by atomic mass is 16.2. The lowest BCUT2D eigenvalue weighted by atomic mass is 10.6. The molecule has 13 heavy (non-hydrogen) atoms. The summed E-state index contributed by atoms with van der Waals surface area (Å²) in [5, 5.41) is 7.42. The topological polar surface area (TPSA) is 82.4 Å². The monoisotopic (exact) mass is 187 g/mol. The van der Waals surface area contributed by atoms with Crippen molar-refractivity contribution in [2.45, 2.75) is 0 Å². The highest BCUT2D eigenvalue weighted by molar-refractivity contribution is 5.75. The Morgan fingerprint density at radius 2 is 2.31 bits per heavy atom. The number of rotatable bonds is 6. The van der Waals surface area contributed by atoms with Crippen LogP contribution in [0.3, 0.4) is 0 Å². The SMILES string of the molecule is NCCNCCNN1CCNC1=O. The van der Waals surface area contributed by atoms with Crippen molar-refractivity contribution in [1.29, 1.82) is 0 Å². The lowest BCUT2D eigenvalue weighted by Gasteiger charge is -2.15. The first-order chi connectivity index (χ1) is 6.34. The minimum absolute atomic E-state index is 0.0428. The number of amides is 2. The molecule has 1 fully saturated rings. The van der Waals surface area contributed by atoms with Crippen molar-refractivity contribution in [2.24, 2.45) is 5.73 Å². The van der Waals surface area contributed by atoms with E-state index < -0.39 is 0 Å². The molecule has 76 valence electrons. The molecule has 0 aromatic heterocycles. The van der Waals surface area contributed by atoms with E-state index in [0.717, 1.165) is 32.7 Å². The van der Waals surface area contributed by atoms with Crippen molar-refractivity contribution in [3.8, 4) is 0 Å². The summed E-state index contributed by atoms with van der Waals surface area (Å²) < 4.78 is 0. The Kier molecular flexibility index (Phi) is 4.52. The van der Waals surface area contributed by atoms with E-state index in [1.807, 2.05) is 0 Å². The Morgan fingerprint density at radius 1 is 1.46 bits per heavy atom. The molecule has 1 heterocycles. The fourth-order valence-electron chi connectivity index (χ4n) is 1.13. The van der Waals surface area contributed by atoms with Gasteiger partial charge in [-0.2, -0.15) is 0 Å². The van der Waals surface area contributed by atoms with Gasteiger partial charge in [-0.25, -0.2) is 10.2 Å². The van der Waals surface area contributed by atoms with Gasteiger partial charge < -0.3 is 16.4 Å². The zero-order chi connectivity index (χ0) is 9.52. The molecule has 6 heteroatoms. The molecular weight excluding hydrogens is 170 g/mol. The summed E-state index contributed by atoms with van der Waals surface area (Å²) in [7, 11) is 0. The van der Waals surface area contributed by atoms with E-state index in [2.05, 4.69) is 16.1 Å². The smallest absolute Gasteiger partial charge is 0.331 e. The first-order valence-corrected chi connectivity index (χ1v) is 4.54. The predicted molar refractivity (Wildman–Crippen MR) is 50.0 cm³/mol. The number of nitrogens with two attached hydrogens (primary N) is 1. The van der Waals surface area contributed by atoms with Crippen LogP contribution in [0, 0.1) is 0 Å². The van der Waals surface area contributed by atoms with Crippen LogP contribution < -0.4 is 21.8 Å². The van der Waals surface area contributed by atoms with Crippen molar-refractivity contribution in [1.82, 2.24) is 21.1 Å². The Bertz CT molecular complexity index is 163. The number of carbonyl (C=O) groups excluding carboxylic acids is 1. The summed E-state index contributed by atoms with van der Waals surface area (Å²) in [5.41, 5.74) is 8.31. The van der Waals surface area contributed by atoms with Gasteiger partial charge >= 0.3 is 6.03 Å². The maximum atomic E-state index is 11.0. The first kappa shape index (κ1) is 10.2. The van der Waals surface area contributed by atoms with Crippen LogP contribution in [0.15, 0.2) is 0 Å². The number of urea groups is 1. The van der Waals surface area contributed by atoms with E-state index in [1.54, 1.807) is 5.01 Å². The van der Waals surface area contributed by atoms with Gasteiger partial charge in [0.15, 0.2) is 0 Å². The van der Waals surface area contributed by atoms with Gasteiger partial charge in [0.25, 0.3) is 0 Å². The van der Waals surface area contributed by atoms with Gasteiger partial charge in [-0.3, -0.25) is 5.01 Å².